The van der Waals surface area contributed by atoms with Gasteiger partial charge in [0.15, 0.2) is 5.69 Å². The fraction of sp³-hybridized carbons (Fsp3) is 0.273. The van der Waals surface area contributed by atoms with Crippen LogP contribution >= 0.6 is 0 Å². The number of aryl methyl sites for hydroxylation is 1. The van der Waals surface area contributed by atoms with Crippen molar-refractivity contribution in [1.82, 2.24) is 15.2 Å². The molecule has 142 valence electrons. The van der Waals surface area contributed by atoms with E-state index in [-0.39, 0.29) is 17.2 Å². The molecule has 1 aliphatic rings. The number of nitrogens with zero attached hydrogens (tertiary/aromatic N) is 3. The van der Waals surface area contributed by atoms with Crippen LogP contribution in [-0.4, -0.2) is 21.4 Å². The van der Waals surface area contributed by atoms with Gasteiger partial charge in [-0.25, -0.2) is 10.1 Å². The van der Waals surface area contributed by atoms with Gasteiger partial charge in [-0.05, 0) is 30.9 Å². The molecule has 1 aliphatic carbocycles. The van der Waals surface area contributed by atoms with Gasteiger partial charge in [0.25, 0.3) is 11.5 Å². The van der Waals surface area contributed by atoms with Gasteiger partial charge in [0, 0.05) is 24.1 Å². The molecule has 1 fully saturated rings. The summed E-state index contributed by atoms with van der Waals surface area (Å²) in [6.07, 6.45) is 4.11. The molecule has 28 heavy (non-hydrogen) atoms. The average Bonchev–Trinajstić information content (AvgIpc) is 2.75. The third-order valence-corrected chi connectivity index (χ3v) is 5.25. The van der Waals surface area contributed by atoms with Gasteiger partial charge in [-0.1, -0.05) is 55.0 Å². The van der Waals surface area contributed by atoms with Crippen LogP contribution < -0.4 is 11.0 Å². The second-order valence-electron chi connectivity index (χ2n) is 7.08. The molecule has 0 radical (unpaired) electrons. The fourth-order valence-corrected chi connectivity index (χ4v) is 3.82. The van der Waals surface area contributed by atoms with Gasteiger partial charge in [0.1, 0.15) is 0 Å². The number of nitrogens with one attached hydrogen (secondary N) is 1. The number of aromatic nitrogens is 2. The molecule has 6 heteroatoms. The Bertz CT molecular complexity index is 1100. The van der Waals surface area contributed by atoms with E-state index >= 15 is 0 Å². The Labute approximate surface area is 162 Å². The van der Waals surface area contributed by atoms with Crippen molar-refractivity contribution in [3.05, 3.63) is 76.2 Å². The number of carbonyl (C=O) groups excluding carboxylic acids is 1. The Balaban J connectivity index is 1.64. The lowest BCUT2D eigenvalue weighted by molar-refractivity contribution is 0.0949. The van der Waals surface area contributed by atoms with Crippen LogP contribution in [0.5, 0.6) is 0 Å². The molecule has 1 heterocycles. The zero-order valence-electron chi connectivity index (χ0n) is 15.8. The second-order valence-corrected chi connectivity index (χ2v) is 7.08. The molecule has 1 atom stereocenters. The van der Waals surface area contributed by atoms with Crippen molar-refractivity contribution in [1.29, 1.82) is 0 Å². The summed E-state index contributed by atoms with van der Waals surface area (Å²) in [7, 11) is 1.55. The number of amides is 1. The number of rotatable bonds is 3. The highest BCUT2D eigenvalue weighted by Gasteiger charge is 2.23. The minimum atomic E-state index is -0.406. The number of carbonyl (C=O) groups is 1. The number of fused-ring (bicyclic) bond motifs is 1. The van der Waals surface area contributed by atoms with E-state index in [0.29, 0.717) is 10.8 Å². The second kappa shape index (κ2) is 7.76. The van der Waals surface area contributed by atoms with Crippen LogP contribution in [0.1, 0.15) is 47.7 Å². The zero-order chi connectivity index (χ0) is 19.5. The lowest BCUT2D eigenvalue weighted by Crippen LogP contribution is -2.29. The van der Waals surface area contributed by atoms with Crippen molar-refractivity contribution in [2.24, 2.45) is 12.1 Å². The van der Waals surface area contributed by atoms with E-state index < -0.39 is 5.91 Å². The first-order valence-electron chi connectivity index (χ1n) is 9.53. The Kier molecular flexibility index (Phi) is 5.02. The van der Waals surface area contributed by atoms with Crippen molar-refractivity contribution in [2.75, 3.05) is 0 Å². The molecule has 1 aromatic heterocycles. The maximum Gasteiger partial charge on any atom is 0.292 e. The van der Waals surface area contributed by atoms with Crippen LogP contribution in [0.2, 0.25) is 0 Å². The predicted molar refractivity (Wildman–Crippen MR) is 110 cm³/mol. The SMILES string of the molecule is Cn1nc(C(=O)N/N=C2/CCCC[C@@H]2c2ccccc2)c2ccccc2c1=O. The minimum absolute atomic E-state index is 0.203. The lowest BCUT2D eigenvalue weighted by Gasteiger charge is -2.24. The summed E-state index contributed by atoms with van der Waals surface area (Å²) in [5, 5.41) is 9.63. The predicted octanol–water partition coefficient (Wildman–Crippen LogP) is 3.38. The molecule has 2 aromatic carbocycles. The zero-order valence-corrected chi connectivity index (χ0v) is 15.8. The van der Waals surface area contributed by atoms with Gasteiger partial charge >= 0.3 is 0 Å². The normalized spacial score (nSPS) is 18.3. The number of benzene rings is 2. The quantitative estimate of drug-likeness (QED) is 0.714. The van der Waals surface area contributed by atoms with Gasteiger partial charge in [0.2, 0.25) is 0 Å². The Morgan fingerprint density at radius 1 is 1.07 bits per heavy atom. The lowest BCUT2D eigenvalue weighted by atomic mass is 9.82. The molecule has 0 unspecified atom stereocenters. The number of hydrogen-bond acceptors (Lipinski definition) is 4. The van der Waals surface area contributed by atoms with Crippen molar-refractivity contribution in [3.8, 4) is 0 Å². The largest absolute Gasteiger partial charge is 0.292 e. The molecular formula is C22H22N4O2. The van der Waals surface area contributed by atoms with E-state index in [9.17, 15) is 9.59 Å². The van der Waals surface area contributed by atoms with Gasteiger partial charge in [-0.2, -0.15) is 10.2 Å². The molecule has 0 saturated heterocycles. The van der Waals surface area contributed by atoms with Gasteiger partial charge < -0.3 is 0 Å². The highest BCUT2D eigenvalue weighted by Crippen LogP contribution is 2.30. The third kappa shape index (κ3) is 3.45. The van der Waals surface area contributed by atoms with E-state index in [1.54, 1.807) is 31.3 Å². The Morgan fingerprint density at radius 3 is 2.57 bits per heavy atom. The standard InChI is InChI=1S/C22H22N4O2/c1-26-22(28)18-13-6-5-12-17(18)20(25-26)21(27)24-23-19-14-8-7-11-16(19)15-9-3-2-4-10-15/h2-6,9-10,12-13,16H,7-8,11,14H2,1H3,(H,24,27)/b23-19-/t16-/m1/s1. The van der Waals surface area contributed by atoms with Crippen LogP contribution in [0.15, 0.2) is 64.5 Å². The summed E-state index contributed by atoms with van der Waals surface area (Å²) in [6.45, 7) is 0. The van der Waals surface area contributed by atoms with Crippen molar-refractivity contribution >= 4 is 22.4 Å². The third-order valence-electron chi connectivity index (χ3n) is 5.25. The molecule has 0 bridgehead atoms. The first-order valence-corrected chi connectivity index (χ1v) is 9.53. The van der Waals surface area contributed by atoms with Gasteiger partial charge in [-0.3, -0.25) is 9.59 Å². The Hall–Kier alpha value is -3.28. The topological polar surface area (TPSA) is 76.3 Å². The monoisotopic (exact) mass is 374 g/mol. The summed E-state index contributed by atoms with van der Waals surface area (Å²) in [4.78, 5) is 25.1. The molecule has 1 amide bonds. The van der Waals surface area contributed by atoms with E-state index in [4.69, 9.17) is 0 Å². The molecule has 1 saturated carbocycles. The van der Waals surface area contributed by atoms with Gasteiger partial charge in [-0.15, -0.1) is 0 Å². The van der Waals surface area contributed by atoms with Crippen molar-refractivity contribution in [3.63, 3.8) is 0 Å². The highest BCUT2D eigenvalue weighted by molar-refractivity contribution is 6.05. The smallest absolute Gasteiger partial charge is 0.267 e. The number of hydrogen-bond donors (Lipinski definition) is 1. The Morgan fingerprint density at radius 2 is 1.79 bits per heavy atom. The first-order chi connectivity index (χ1) is 13.6. The molecule has 6 nitrogen and oxygen atoms in total. The van der Waals surface area contributed by atoms with E-state index in [1.807, 2.05) is 18.2 Å². The summed E-state index contributed by atoms with van der Waals surface area (Å²) in [5.41, 5.74) is 4.86. The molecule has 1 N–H and O–H groups in total. The average molecular weight is 374 g/mol. The van der Waals surface area contributed by atoms with Crippen LogP contribution in [0, 0.1) is 0 Å². The maximum absolute atomic E-state index is 12.8. The van der Waals surface area contributed by atoms with Crippen LogP contribution in [0.25, 0.3) is 10.8 Å². The first kappa shape index (κ1) is 18.1. The molecule has 4 rings (SSSR count). The molecule has 0 spiro atoms. The highest BCUT2D eigenvalue weighted by atomic mass is 16.2. The van der Waals surface area contributed by atoms with E-state index in [0.717, 1.165) is 31.4 Å². The van der Waals surface area contributed by atoms with E-state index in [2.05, 4.69) is 27.8 Å². The summed E-state index contributed by atoms with van der Waals surface area (Å²) in [5.74, 6) is -0.184. The maximum atomic E-state index is 12.8. The van der Waals surface area contributed by atoms with Crippen LogP contribution in [0.3, 0.4) is 0 Å². The minimum Gasteiger partial charge on any atom is -0.267 e. The number of hydrazone groups is 1. The van der Waals surface area contributed by atoms with Crippen molar-refractivity contribution in [2.45, 2.75) is 31.6 Å². The van der Waals surface area contributed by atoms with Crippen molar-refractivity contribution < 1.29 is 4.79 Å². The summed E-state index contributed by atoms with van der Waals surface area (Å²) >= 11 is 0. The molecule has 0 aliphatic heterocycles. The fourth-order valence-electron chi connectivity index (χ4n) is 3.82. The van der Waals surface area contributed by atoms with Gasteiger partial charge in [0.05, 0.1) is 5.39 Å². The molecular weight excluding hydrogens is 352 g/mol. The van der Waals surface area contributed by atoms with E-state index in [1.165, 1.54) is 10.2 Å². The van der Waals surface area contributed by atoms with Crippen LogP contribution in [-0.2, 0) is 7.05 Å². The van der Waals surface area contributed by atoms with Crippen LogP contribution in [0.4, 0.5) is 0 Å². The molecule has 3 aromatic rings. The summed E-state index contributed by atoms with van der Waals surface area (Å²) in [6, 6.07) is 17.3. The summed E-state index contributed by atoms with van der Waals surface area (Å²) < 4.78 is 1.19.